The number of likely N-dealkylation sites (tertiary alicyclic amines) is 2. The van der Waals surface area contributed by atoms with Crippen LogP contribution in [0.2, 0.25) is 0 Å². The summed E-state index contributed by atoms with van der Waals surface area (Å²) < 4.78 is 0. The molecule has 0 saturated carbocycles. The summed E-state index contributed by atoms with van der Waals surface area (Å²) in [7, 11) is 0. The monoisotopic (exact) mass is 357 g/mol. The molecule has 2 heterocycles. The largest absolute Gasteiger partial charge is 0.343 e. The van der Waals surface area contributed by atoms with E-state index in [0.717, 1.165) is 5.69 Å². The molecule has 0 spiro atoms. The molecule has 0 unspecified atom stereocenters. The minimum absolute atomic E-state index is 0.0171. The van der Waals surface area contributed by atoms with Gasteiger partial charge in [-0.05, 0) is 25.0 Å². The highest BCUT2D eigenvalue weighted by Gasteiger charge is 2.31. The molecular weight excluding hydrogens is 334 g/mol. The first-order chi connectivity index (χ1) is 12.5. The summed E-state index contributed by atoms with van der Waals surface area (Å²) in [6.45, 7) is 1.20. The van der Waals surface area contributed by atoms with Gasteiger partial charge in [-0.3, -0.25) is 24.1 Å². The molecule has 7 heteroatoms. The van der Waals surface area contributed by atoms with E-state index < -0.39 is 0 Å². The first-order valence-electron chi connectivity index (χ1n) is 9.01. The molecule has 7 nitrogen and oxygen atoms in total. The molecule has 138 valence electrons. The Labute approximate surface area is 152 Å². The van der Waals surface area contributed by atoms with Crippen molar-refractivity contribution >= 4 is 29.3 Å². The van der Waals surface area contributed by atoms with Crippen LogP contribution >= 0.6 is 0 Å². The number of carbonyl (C=O) groups is 4. The summed E-state index contributed by atoms with van der Waals surface area (Å²) in [5.41, 5.74) is 0.774. The quantitative estimate of drug-likeness (QED) is 0.807. The number of hydrogen-bond donors (Lipinski definition) is 1. The predicted octanol–water partition coefficient (Wildman–Crippen LogP) is 1.40. The standard InChI is InChI=1S/C19H23N3O4/c23-16(10-13-22-17(24)6-7-18(22)25)21-11-8-14(9-12-21)19(26)20-15-4-2-1-3-5-15/h1-5,14H,6-13H2,(H,20,26). The number of amides is 4. The number of para-hydroxylation sites is 1. The van der Waals surface area contributed by atoms with Crippen molar-refractivity contribution in [3.05, 3.63) is 30.3 Å². The number of hydrogen-bond acceptors (Lipinski definition) is 4. The highest BCUT2D eigenvalue weighted by molar-refractivity contribution is 6.02. The Morgan fingerprint density at radius 3 is 2.23 bits per heavy atom. The Kier molecular flexibility index (Phi) is 5.65. The molecule has 1 aromatic rings. The molecule has 1 aromatic carbocycles. The van der Waals surface area contributed by atoms with Gasteiger partial charge in [-0.15, -0.1) is 0 Å². The summed E-state index contributed by atoms with van der Waals surface area (Å²) in [5, 5.41) is 2.90. The molecule has 2 fully saturated rings. The van der Waals surface area contributed by atoms with E-state index in [2.05, 4.69) is 5.32 Å². The minimum atomic E-state index is -0.195. The maximum Gasteiger partial charge on any atom is 0.229 e. The van der Waals surface area contributed by atoms with Gasteiger partial charge in [0.05, 0.1) is 0 Å². The molecule has 1 N–H and O–H groups in total. The Hall–Kier alpha value is -2.70. The zero-order valence-corrected chi connectivity index (χ0v) is 14.6. The molecule has 0 atom stereocenters. The van der Waals surface area contributed by atoms with Crippen LogP contribution in [0.1, 0.15) is 32.1 Å². The first kappa shape index (κ1) is 18.1. The maximum atomic E-state index is 12.3. The lowest BCUT2D eigenvalue weighted by Gasteiger charge is -2.31. The third-order valence-electron chi connectivity index (χ3n) is 4.96. The summed E-state index contributed by atoms with van der Waals surface area (Å²) >= 11 is 0. The maximum absolute atomic E-state index is 12.3. The third kappa shape index (κ3) is 4.28. The molecule has 26 heavy (non-hydrogen) atoms. The number of benzene rings is 1. The summed E-state index contributed by atoms with van der Waals surface area (Å²) in [6.07, 6.45) is 1.88. The van der Waals surface area contributed by atoms with Gasteiger partial charge in [-0.25, -0.2) is 0 Å². The van der Waals surface area contributed by atoms with Crippen molar-refractivity contribution in [2.24, 2.45) is 5.92 Å². The second-order valence-corrected chi connectivity index (χ2v) is 6.70. The van der Waals surface area contributed by atoms with Crippen molar-refractivity contribution < 1.29 is 19.2 Å². The third-order valence-corrected chi connectivity index (χ3v) is 4.96. The van der Waals surface area contributed by atoms with Crippen LogP contribution in [0.3, 0.4) is 0 Å². The highest BCUT2D eigenvalue weighted by Crippen LogP contribution is 2.20. The molecule has 0 aromatic heterocycles. The van der Waals surface area contributed by atoms with Crippen LogP contribution in [0.15, 0.2) is 30.3 Å². The molecule has 3 rings (SSSR count). The Morgan fingerprint density at radius 2 is 1.62 bits per heavy atom. The molecule has 0 bridgehead atoms. The molecule has 2 aliphatic rings. The van der Waals surface area contributed by atoms with Gasteiger partial charge in [-0.1, -0.05) is 18.2 Å². The Balaban J connectivity index is 1.43. The number of carbonyl (C=O) groups excluding carboxylic acids is 4. The van der Waals surface area contributed by atoms with Crippen molar-refractivity contribution in [1.82, 2.24) is 9.80 Å². The molecular formula is C19H23N3O4. The summed E-state index contributed by atoms with van der Waals surface area (Å²) in [6, 6.07) is 9.32. The predicted molar refractivity (Wildman–Crippen MR) is 94.9 cm³/mol. The van der Waals surface area contributed by atoms with Crippen LogP contribution in [0, 0.1) is 5.92 Å². The van der Waals surface area contributed by atoms with Crippen molar-refractivity contribution in [1.29, 1.82) is 0 Å². The van der Waals surface area contributed by atoms with E-state index in [1.54, 1.807) is 4.90 Å². The molecule has 2 aliphatic heterocycles. The fourth-order valence-electron chi connectivity index (χ4n) is 3.39. The average Bonchev–Trinajstić information content (AvgIpc) is 2.98. The Bertz CT molecular complexity index is 680. The zero-order valence-electron chi connectivity index (χ0n) is 14.6. The fourth-order valence-corrected chi connectivity index (χ4v) is 3.39. The Morgan fingerprint density at radius 1 is 1.00 bits per heavy atom. The number of imide groups is 1. The van der Waals surface area contributed by atoms with Crippen molar-refractivity contribution in [3.63, 3.8) is 0 Å². The van der Waals surface area contributed by atoms with E-state index in [1.165, 1.54) is 4.90 Å². The van der Waals surface area contributed by atoms with Gasteiger partial charge < -0.3 is 10.2 Å². The van der Waals surface area contributed by atoms with E-state index in [1.807, 2.05) is 30.3 Å². The van der Waals surface area contributed by atoms with E-state index in [0.29, 0.717) is 25.9 Å². The SMILES string of the molecule is O=C(Nc1ccccc1)C1CCN(C(=O)CCN2C(=O)CCC2=O)CC1. The number of rotatable bonds is 5. The number of anilines is 1. The zero-order chi connectivity index (χ0) is 18.5. The first-order valence-corrected chi connectivity index (χ1v) is 9.01. The van der Waals surface area contributed by atoms with Gasteiger partial charge in [0.2, 0.25) is 23.6 Å². The minimum Gasteiger partial charge on any atom is -0.343 e. The van der Waals surface area contributed by atoms with E-state index in [9.17, 15) is 19.2 Å². The van der Waals surface area contributed by atoms with Crippen LogP contribution in [-0.4, -0.2) is 53.1 Å². The number of nitrogens with zero attached hydrogens (tertiary/aromatic N) is 2. The summed E-state index contributed by atoms with van der Waals surface area (Å²) in [4.78, 5) is 50.7. The topological polar surface area (TPSA) is 86.8 Å². The fraction of sp³-hybridized carbons (Fsp3) is 0.474. The van der Waals surface area contributed by atoms with Gasteiger partial charge in [0.25, 0.3) is 0 Å². The van der Waals surface area contributed by atoms with Crippen LogP contribution in [-0.2, 0) is 19.2 Å². The average molecular weight is 357 g/mol. The van der Waals surface area contributed by atoms with Crippen molar-refractivity contribution in [3.8, 4) is 0 Å². The second-order valence-electron chi connectivity index (χ2n) is 6.70. The summed E-state index contributed by atoms with van der Waals surface area (Å²) in [5.74, 6) is -0.588. The van der Waals surface area contributed by atoms with Crippen molar-refractivity contribution in [2.75, 3.05) is 25.0 Å². The smallest absolute Gasteiger partial charge is 0.229 e. The van der Waals surface area contributed by atoms with Crippen molar-refractivity contribution in [2.45, 2.75) is 32.1 Å². The van der Waals surface area contributed by atoms with Gasteiger partial charge in [0.15, 0.2) is 0 Å². The van der Waals surface area contributed by atoms with Gasteiger partial charge >= 0.3 is 0 Å². The number of piperidine rings is 1. The van der Waals surface area contributed by atoms with Gasteiger partial charge in [0.1, 0.15) is 0 Å². The number of nitrogens with one attached hydrogen (secondary N) is 1. The highest BCUT2D eigenvalue weighted by atomic mass is 16.2. The van der Waals surface area contributed by atoms with Crippen LogP contribution in [0.4, 0.5) is 5.69 Å². The van der Waals surface area contributed by atoms with E-state index in [4.69, 9.17) is 0 Å². The van der Waals surface area contributed by atoms with Crippen LogP contribution in [0.5, 0.6) is 0 Å². The van der Waals surface area contributed by atoms with E-state index >= 15 is 0 Å². The van der Waals surface area contributed by atoms with Crippen LogP contribution < -0.4 is 5.32 Å². The second kappa shape index (κ2) is 8.12. The lowest BCUT2D eigenvalue weighted by molar-refractivity contribution is -0.140. The molecule has 2 saturated heterocycles. The molecule has 4 amide bonds. The van der Waals surface area contributed by atoms with E-state index in [-0.39, 0.29) is 55.4 Å². The lowest BCUT2D eigenvalue weighted by Crippen LogP contribution is -2.43. The molecule has 0 aliphatic carbocycles. The lowest BCUT2D eigenvalue weighted by atomic mass is 9.95. The molecule has 0 radical (unpaired) electrons. The van der Waals surface area contributed by atoms with Gasteiger partial charge in [-0.2, -0.15) is 0 Å². The van der Waals surface area contributed by atoms with Gasteiger partial charge in [0, 0.05) is 50.5 Å². The van der Waals surface area contributed by atoms with Crippen LogP contribution in [0.25, 0.3) is 0 Å². The normalized spacial score (nSPS) is 18.3.